The molecule has 1 aromatic heterocycles. The van der Waals surface area contributed by atoms with Crippen LogP contribution in [0.4, 0.5) is 0 Å². The lowest BCUT2D eigenvalue weighted by molar-refractivity contribution is -0.131. The molecule has 1 aliphatic carbocycles. The van der Waals surface area contributed by atoms with E-state index < -0.39 is 0 Å². The summed E-state index contributed by atoms with van der Waals surface area (Å²) in [5.41, 5.74) is 2.21. The number of aliphatic hydroxyl groups excluding tert-OH is 1. The number of benzene rings is 1. The van der Waals surface area contributed by atoms with Gasteiger partial charge in [0.25, 0.3) is 0 Å². The van der Waals surface area contributed by atoms with Crippen LogP contribution < -0.4 is 0 Å². The Bertz CT molecular complexity index is 782. The lowest BCUT2D eigenvalue weighted by Gasteiger charge is -2.55. The van der Waals surface area contributed by atoms with Crippen molar-refractivity contribution in [2.75, 3.05) is 19.7 Å². The average Bonchev–Trinajstić information content (AvgIpc) is 3.12. The highest BCUT2D eigenvalue weighted by atomic mass is 16.3. The van der Waals surface area contributed by atoms with Crippen LogP contribution in [0.5, 0.6) is 0 Å². The number of aliphatic hydroxyl groups is 1. The standard InChI is InChI=1S/C19H25N3O2/c1-18(2)10-19(12-23)11-22(9-16(18)19)17(24)7-8-21-13-20-14-5-3-4-6-15(14)21/h3-6,13,16,23H,7-12H2,1-2H3/t16-,19-/m1/s1. The molecular formula is C19H25N3O2. The summed E-state index contributed by atoms with van der Waals surface area (Å²) in [6.45, 7) is 6.83. The second kappa shape index (κ2) is 5.31. The molecule has 2 heterocycles. The van der Waals surface area contributed by atoms with Gasteiger partial charge >= 0.3 is 0 Å². The predicted octanol–water partition coefficient (Wildman–Crippen LogP) is 2.29. The molecule has 5 heteroatoms. The molecule has 1 saturated heterocycles. The molecule has 2 aromatic rings. The van der Waals surface area contributed by atoms with Gasteiger partial charge in [-0.15, -0.1) is 0 Å². The molecule has 2 atom stereocenters. The largest absolute Gasteiger partial charge is 0.396 e. The van der Waals surface area contributed by atoms with Crippen LogP contribution in [-0.4, -0.2) is 45.2 Å². The second-order valence-corrected chi connectivity index (χ2v) is 8.19. The molecule has 1 saturated carbocycles. The summed E-state index contributed by atoms with van der Waals surface area (Å²) in [7, 11) is 0. The van der Waals surface area contributed by atoms with E-state index in [9.17, 15) is 9.90 Å². The Morgan fingerprint density at radius 2 is 2.17 bits per heavy atom. The fourth-order valence-electron chi connectivity index (χ4n) is 5.09. The Labute approximate surface area is 142 Å². The molecule has 0 unspecified atom stereocenters. The van der Waals surface area contributed by atoms with Crippen molar-refractivity contribution >= 4 is 16.9 Å². The van der Waals surface area contributed by atoms with Crippen molar-refractivity contribution in [3.8, 4) is 0 Å². The maximum absolute atomic E-state index is 12.7. The van der Waals surface area contributed by atoms with E-state index in [-0.39, 0.29) is 23.3 Å². The average molecular weight is 327 g/mol. The molecule has 1 amide bonds. The molecule has 24 heavy (non-hydrogen) atoms. The molecule has 1 aliphatic heterocycles. The molecule has 2 aliphatic rings. The maximum atomic E-state index is 12.7. The van der Waals surface area contributed by atoms with Gasteiger partial charge in [-0.05, 0) is 29.9 Å². The summed E-state index contributed by atoms with van der Waals surface area (Å²) in [6.07, 6.45) is 3.30. The number of nitrogens with zero attached hydrogens (tertiary/aromatic N) is 3. The third-order valence-electron chi connectivity index (χ3n) is 6.16. The minimum atomic E-state index is -0.0547. The van der Waals surface area contributed by atoms with E-state index >= 15 is 0 Å². The van der Waals surface area contributed by atoms with Gasteiger partial charge in [0.05, 0.1) is 24.0 Å². The molecule has 0 bridgehead atoms. The van der Waals surface area contributed by atoms with E-state index in [1.165, 1.54) is 0 Å². The Kier molecular flexibility index (Phi) is 3.46. The van der Waals surface area contributed by atoms with Crippen molar-refractivity contribution in [1.29, 1.82) is 0 Å². The van der Waals surface area contributed by atoms with Crippen molar-refractivity contribution in [3.05, 3.63) is 30.6 Å². The molecule has 0 spiro atoms. The first-order chi connectivity index (χ1) is 11.5. The number of hydrogen-bond acceptors (Lipinski definition) is 3. The van der Waals surface area contributed by atoms with Crippen molar-refractivity contribution in [2.45, 2.75) is 33.2 Å². The highest BCUT2D eigenvalue weighted by Crippen LogP contribution is 2.62. The van der Waals surface area contributed by atoms with Gasteiger partial charge in [-0.3, -0.25) is 4.79 Å². The molecule has 1 aromatic carbocycles. The molecule has 1 N–H and O–H groups in total. The zero-order valence-electron chi connectivity index (χ0n) is 14.4. The van der Waals surface area contributed by atoms with Gasteiger partial charge in [0.1, 0.15) is 0 Å². The molecule has 2 fully saturated rings. The van der Waals surface area contributed by atoms with Gasteiger partial charge in [0, 0.05) is 31.5 Å². The smallest absolute Gasteiger partial charge is 0.224 e. The van der Waals surface area contributed by atoms with Crippen LogP contribution in [0, 0.1) is 16.7 Å². The van der Waals surface area contributed by atoms with Gasteiger partial charge in [-0.25, -0.2) is 4.98 Å². The number of carbonyl (C=O) groups excluding carboxylic acids is 1. The SMILES string of the molecule is CC1(C)C[C@]2(CO)CN(C(=O)CCn3cnc4ccccc43)C[C@H]12. The predicted molar refractivity (Wildman–Crippen MR) is 92.3 cm³/mol. The first-order valence-electron chi connectivity index (χ1n) is 8.74. The van der Waals surface area contributed by atoms with Crippen molar-refractivity contribution in [2.24, 2.45) is 16.7 Å². The number of imidazole rings is 1. The summed E-state index contributed by atoms with van der Waals surface area (Å²) in [5, 5.41) is 9.83. The maximum Gasteiger partial charge on any atom is 0.224 e. The first kappa shape index (κ1) is 15.6. The highest BCUT2D eigenvalue weighted by Gasteiger charge is 2.62. The van der Waals surface area contributed by atoms with Crippen molar-refractivity contribution < 1.29 is 9.90 Å². The number of para-hydroxylation sites is 2. The fraction of sp³-hybridized carbons (Fsp3) is 0.579. The molecule has 128 valence electrons. The summed E-state index contributed by atoms with van der Waals surface area (Å²) in [5.74, 6) is 0.610. The van der Waals surface area contributed by atoms with E-state index in [1.807, 2.05) is 40.1 Å². The quantitative estimate of drug-likeness (QED) is 0.937. The van der Waals surface area contributed by atoms with Crippen LogP contribution in [-0.2, 0) is 11.3 Å². The number of aromatic nitrogens is 2. The fourth-order valence-corrected chi connectivity index (χ4v) is 5.09. The normalized spacial score (nSPS) is 28.0. The summed E-state index contributed by atoms with van der Waals surface area (Å²) in [4.78, 5) is 19.0. The molecule has 5 nitrogen and oxygen atoms in total. The molecular weight excluding hydrogens is 302 g/mol. The number of amides is 1. The van der Waals surface area contributed by atoms with Crippen LogP contribution in [0.2, 0.25) is 0 Å². The monoisotopic (exact) mass is 327 g/mol. The summed E-state index contributed by atoms with van der Waals surface area (Å²) < 4.78 is 2.05. The van der Waals surface area contributed by atoms with E-state index in [1.54, 1.807) is 0 Å². The summed E-state index contributed by atoms with van der Waals surface area (Å²) in [6, 6.07) is 7.99. The Morgan fingerprint density at radius 1 is 1.38 bits per heavy atom. The number of fused-ring (bicyclic) bond motifs is 2. The van der Waals surface area contributed by atoms with Crippen LogP contribution in [0.25, 0.3) is 11.0 Å². The number of carbonyl (C=O) groups is 1. The van der Waals surface area contributed by atoms with Gasteiger partial charge in [0.2, 0.25) is 5.91 Å². The lowest BCUT2D eigenvalue weighted by atomic mass is 9.48. The van der Waals surface area contributed by atoms with Gasteiger partial charge in [-0.2, -0.15) is 0 Å². The van der Waals surface area contributed by atoms with Crippen LogP contribution in [0.15, 0.2) is 30.6 Å². The third-order valence-corrected chi connectivity index (χ3v) is 6.16. The van der Waals surface area contributed by atoms with E-state index in [2.05, 4.69) is 18.8 Å². The van der Waals surface area contributed by atoms with Crippen LogP contribution in [0.1, 0.15) is 26.7 Å². The first-order valence-corrected chi connectivity index (χ1v) is 8.74. The Morgan fingerprint density at radius 3 is 2.88 bits per heavy atom. The van der Waals surface area contributed by atoms with Gasteiger partial charge in [0.15, 0.2) is 0 Å². The molecule has 0 radical (unpaired) electrons. The van der Waals surface area contributed by atoms with Gasteiger partial charge in [-0.1, -0.05) is 26.0 Å². The minimum absolute atomic E-state index is 0.0547. The molecule has 4 rings (SSSR count). The van der Waals surface area contributed by atoms with Gasteiger partial charge < -0.3 is 14.6 Å². The third kappa shape index (κ3) is 2.25. The minimum Gasteiger partial charge on any atom is -0.396 e. The number of likely N-dealkylation sites (tertiary alicyclic amines) is 1. The zero-order valence-corrected chi connectivity index (χ0v) is 14.4. The number of aryl methyl sites for hydroxylation is 1. The Hall–Kier alpha value is -1.88. The van der Waals surface area contributed by atoms with Crippen LogP contribution in [0.3, 0.4) is 0 Å². The second-order valence-electron chi connectivity index (χ2n) is 8.19. The van der Waals surface area contributed by atoms with Crippen molar-refractivity contribution in [1.82, 2.24) is 14.5 Å². The van der Waals surface area contributed by atoms with E-state index in [0.29, 0.717) is 25.4 Å². The van der Waals surface area contributed by atoms with E-state index in [0.717, 1.165) is 24.0 Å². The highest BCUT2D eigenvalue weighted by molar-refractivity contribution is 5.78. The topological polar surface area (TPSA) is 58.4 Å². The van der Waals surface area contributed by atoms with E-state index in [4.69, 9.17) is 0 Å². The number of hydrogen-bond donors (Lipinski definition) is 1. The Balaban J connectivity index is 1.42. The van der Waals surface area contributed by atoms with Crippen LogP contribution >= 0.6 is 0 Å². The zero-order chi connectivity index (χ0) is 16.9. The van der Waals surface area contributed by atoms with Crippen molar-refractivity contribution in [3.63, 3.8) is 0 Å². The number of rotatable bonds is 4. The summed E-state index contributed by atoms with van der Waals surface area (Å²) >= 11 is 0. The lowest BCUT2D eigenvalue weighted by Crippen LogP contribution is -2.54.